The van der Waals surface area contributed by atoms with Gasteiger partial charge in [-0.15, -0.1) is 0 Å². The average Bonchev–Trinajstić information content (AvgIpc) is 2.61. The van der Waals surface area contributed by atoms with E-state index >= 15 is 0 Å². The van der Waals surface area contributed by atoms with Crippen molar-refractivity contribution in [1.29, 1.82) is 0 Å². The van der Waals surface area contributed by atoms with Gasteiger partial charge in [0.05, 0.1) is 5.92 Å². The van der Waals surface area contributed by atoms with E-state index in [9.17, 15) is 9.59 Å². The summed E-state index contributed by atoms with van der Waals surface area (Å²) in [6.07, 6.45) is 1.41. The number of Topliss-reactive ketones (excluding diaryl/α,β-unsaturated/α-hetero) is 1. The van der Waals surface area contributed by atoms with E-state index in [1.54, 1.807) is 13.8 Å². The van der Waals surface area contributed by atoms with Crippen molar-refractivity contribution in [3.63, 3.8) is 0 Å². The molecule has 5 fully saturated rings. The standard InChI is InChI=1S/C14H18O6/c1-7-10-6-9(15)5-8-3-4-13(2)18-12(17-11(7)16)14(8,10)20-19-13/h7-8,10,12H,3-6H2,1-2H3/t7-,8?,10?,12-,13-,14-/m1/s1. The summed E-state index contributed by atoms with van der Waals surface area (Å²) in [5, 5.41) is 0. The summed E-state index contributed by atoms with van der Waals surface area (Å²) in [6.45, 7) is 3.57. The quantitative estimate of drug-likeness (QED) is 0.493. The molecule has 5 rings (SSSR count). The molecule has 0 radical (unpaired) electrons. The molecular weight excluding hydrogens is 264 g/mol. The van der Waals surface area contributed by atoms with Crippen LogP contribution in [0.15, 0.2) is 0 Å². The summed E-state index contributed by atoms with van der Waals surface area (Å²) in [6, 6.07) is 0. The van der Waals surface area contributed by atoms with Crippen molar-refractivity contribution in [1.82, 2.24) is 0 Å². The van der Waals surface area contributed by atoms with Gasteiger partial charge in [-0.3, -0.25) is 9.59 Å². The summed E-state index contributed by atoms with van der Waals surface area (Å²) < 4.78 is 11.3. The maximum absolute atomic E-state index is 12.0. The third kappa shape index (κ3) is 1.44. The van der Waals surface area contributed by atoms with Crippen molar-refractivity contribution >= 4 is 11.8 Å². The molecule has 6 nitrogen and oxygen atoms in total. The van der Waals surface area contributed by atoms with Gasteiger partial charge in [-0.25, -0.2) is 9.78 Å². The lowest BCUT2D eigenvalue weighted by molar-refractivity contribution is -0.556. The maximum Gasteiger partial charge on any atom is 0.311 e. The molecule has 4 heterocycles. The van der Waals surface area contributed by atoms with E-state index in [1.807, 2.05) is 0 Å². The Morgan fingerprint density at radius 2 is 2.00 bits per heavy atom. The first kappa shape index (κ1) is 12.7. The molecule has 0 aromatic rings. The Morgan fingerprint density at radius 1 is 1.20 bits per heavy atom. The number of ether oxygens (including phenoxy) is 2. The lowest BCUT2D eigenvalue weighted by atomic mass is 9.61. The van der Waals surface area contributed by atoms with Crippen LogP contribution in [-0.2, 0) is 28.8 Å². The molecule has 4 saturated heterocycles. The molecule has 2 bridgehead atoms. The van der Waals surface area contributed by atoms with E-state index in [-0.39, 0.29) is 29.5 Å². The predicted octanol–water partition coefficient (Wildman–Crippen LogP) is 1.33. The number of rotatable bonds is 0. The van der Waals surface area contributed by atoms with Gasteiger partial charge in [0.2, 0.25) is 12.1 Å². The molecule has 6 atom stereocenters. The van der Waals surface area contributed by atoms with E-state index in [1.165, 1.54) is 0 Å². The van der Waals surface area contributed by atoms with Crippen molar-refractivity contribution in [3.05, 3.63) is 0 Å². The van der Waals surface area contributed by atoms with Gasteiger partial charge < -0.3 is 9.47 Å². The zero-order valence-electron chi connectivity index (χ0n) is 11.6. The van der Waals surface area contributed by atoms with Crippen LogP contribution in [0.1, 0.15) is 39.5 Å². The maximum atomic E-state index is 12.0. The van der Waals surface area contributed by atoms with Gasteiger partial charge in [-0.1, -0.05) is 6.92 Å². The van der Waals surface area contributed by atoms with Gasteiger partial charge in [-0.05, 0) is 13.3 Å². The Hall–Kier alpha value is -0.980. The van der Waals surface area contributed by atoms with Crippen LogP contribution in [0.5, 0.6) is 0 Å². The zero-order valence-corrected chi connectivity index (χ0v) is 11.6. The van der Waals surface area contributed by atoms with Gasteiger partial charge in [-0.2, -0.15) is 0 Å². The summed E-state index contributed by atoms with van der Waals surface area (Å²) in [7, 11) is 0. The number of fused-ring (bicyclic) bond motifs is 2. The van der Waals surface area contributed by atoms with Crippen molar-refractivity contribution < 1.29 is 28.8 Å². The number of hydrogen-bond donors (Lipinski definition) is 0. The highest BCUT2D eigenvalue weighted by molar-refractivity contribution is 5.83. The largest absolute Gasteiger partial charge is 0.432 e. The van der Waals surface area contributed by atoms with Crippen molar-refractivity contribution in [2.45, 2.75) is 57.2 Å². The number of ketones is 1. The molecule has 20 heavy (non-hydrogen) atoms. The predicted molar refractivity (Wildman–Crippen MR) is 63.9 cm³/mol. The fourth-order valence-electron chi connectivity index (χ4n) is 4.19. The monoisotopic (exact) mass is 282 g/mol. The molecule has 6 heteroatoms. The molecule has 110 valence electrons. The topological polar surface area (TPSA) is 71.1 Å². The van der Waals surface area contributed by atoms with Crippen LogP contribution in [0.25, 0.3) is 0 Å². The summed E-state index contributed by atoms with van der Waals surface area (Å²) in [4.78, 5) is 35.3. The van der Waals surface area contributed by atoms with Crippen molar-refractivity contribution in [3.8, 4) is 0 Å². The Balaban J connectivity index is 1.84. The number of carbonyl (C=O) groups is 2. The number of carbonyl (C=O) groups excluding carboxylic acids is 2. The van der Waals surface area contributed by atoms with Crippen LogP contribution < -0.4 is 0 Å². The Kier molecular flexibility index (Phi) is 2.43. The van der Waals surface area contributed by atoms with Gasteiger partial charge in [0.25, 0.3) is 0 Å². The fourth-order valence-corrected chi connectivity index (χ4v) is 4.19. The van der Waals surface area contributed by atoms with E-state index in [4.69, 9.17) is 19.2 Å². The molecule has 4 aliphatic heterocycles. The third-order valence-electron chi connectivity index (χ3n) is 5.37. The molecular formula is C14H18O6. The molecule has 0 amide bonds. The van der Waals surface area contributed by atoms with Crippen LogP contribution in [0.4, 0.5) is 0 Å². The Bertz CT molecular complexity index is 490. The average molecular weight is 282 g/mol. The molecule has 0 aromatic carbocycles. The van der Waals surface area contributed by atoms with Gasteiger partial charge in [0.15, 0.2) is 5.60 Å². The number of hydrogen-bond acceptors (Lipinski definition) is 6. The third-order valence-corrected chi connectivity index (χ3v) is 5.37. The van der Waals surface area contributed by atoms with Crippen molar-refractivity contribution in [2.24, 2.45) is 17.8 Å². The van der Waals surface area contributed by atoms with Crippen molar-refractivity contribution in [2.75, 3.05) is 0 Å². The SMILES string of the molecule is C[C@H]1C(=O)O[C@@H]2O[C@@]3(C)CCC4CC(=O)CC1[C@]42OO3. The van der Waals surface area contributed by atoms with Gasteiger partial charge in [0, 0.05) is 31.1 Å². The van der Waals surface area contributed by atoms with Gasteiger partial charge in [0.1, 0.15) is 5.78 Å². The molecule has 0 N–H and O–H groups in total. The van der Waals surface area contributed by atoms with E-state index in [0.29, 0.717) is 19.3 Å². The van der Waals surface area contributed by atoms with E-state index < -0.39 is 17.7 Å². The molecule has 0 aromatic heterocycles. The first-order valence-electron chi connectivity index (χ1n) is 7.21. The van der Waals surface area contributed by atoms with Crippen LogP contribution in [0, 0.1) is 17.8 Å². The highest BCUT2D eigenvalue weighted by Crippen LogP contribution is 2.57. The van der Waals surface area contributed by atoms with Crippen LogP contribution in [0.3, 0.4) is 0 Å². The minimum Gasteiger partial charge on any atom is -0.432 e. The highest BCUT2D eigenvalue weighted by atomic mass is 17.3. The molecule has 2 unspecified atom stereocenters. The second kappa shape index (κ2) is 3.81. The second-order valence-electron chi connectivity index (χ2n) is 6.62. The molecule has 5 aliphatic rings. The van der Waals surface area contributed by atoms with Crippen LogP contribution >= 0.6 is 0 Å². The number of esters is 1. The van der Waals surface area contributed by atoms with E-state index in [2.05, 4.69) is 0 Å². The summed E-state index contributed by atoms with van der Waals surface area (Å²) in [5.41, 5.74) is -0.822. The molecule has 1 aliphatic carbocycles. The van der Waals surface area contributed by atoms with E-state index in [0.717, 1.165) is 6.42 Å². The molecule has 1 spiro atoms. The fraction of sp³-hybridized carbons (Fsp3) is 0.857. The lowest BCUT2D eigenvalue weighted by Crippen LogP contribution is -2.69. The normalized spacial score (nSPS) is 54.1. The smallest absolute Gasteiger partial charge is 0.311 e. The minimum atomic E-state index is -0.901. The zero-order chi connectivity index (χ0) is 14.1. The molecule has 1 saturated carbocycles. The first-order valence-corrected chi connectivity index (χ1v) is 7.21. The Morgan fingerprint density at radius 3 is 2.80 bits per heavy atom. The van der Waals surface area contributed by atoms with Crippen LogP contribution in [0.2, 0.25) is 0 Å². The summed E-state index contributed by atoms with van der Waals surface area (Å²) in [5.74, 6) is -1.67. The summed E-state index contributed by atoms with van der Waals surface area (Å²) >= 11 is 0. The minimum absolute atomic E-state index is 0.0152. The highest BCUT2D eigenvalue weighted by Gasteiger charge is 2.69. The first-order chi connectivity index (χ1) is 9.44. The van der Waals surface area contributed by atoms with Crippen LogP contribution in [-0.4, -0.2) is 29.4 Å². The second-order valence-corrected chi connectivity index (χ2v) is 6.62. The lowest BCUT2D eigenvalue weighted by Gasteiger charge is -2.55. The van der Waals surface area contributed by atoms with Gasteiger partial charge >= 0.3 is 5.97 Å². The Labute approximate surface area is 116 Å².